The van der Waals surface area contributed by atoms with Gasteiger partial charge in [-0.25, -0.2) is 0 Å². The number of hydrogen-bond acceptors (Lipinski definition) is 3. The molecule has 0 aromatic carbocycles. The molecule has 1 aliphatic heterocycles. The minimum atomic E-state index is 0.0955. The Morgan fingerprint density at radius 3 is 2.93 bits per heavy atom. The normalized spacial score (nSPS) is 25.4. The molecule has 0 bridgehead atoms. The Morgan fingerprint density at radius 1 is 1.50 bits per heavy atom. The van der Waals surface area contributed by atoms with Crippen molar-refractivity contribution in [2.24, 2.45) is 0 Å². The van der Waals surface area contributed by atoms with Crippen molar-refractivity contribution in [3.05, 3.63) is 0 Å². The van der Waals surface area contributed by atoms with Gasteiger partial charge in [0.15, 0.2) is 0 Å². The standard InChI is InChI=1S/C11H21N3/c1-3-10(9-12)14(2)11-5-4-7-13-8-6-11/h10-11,13H,3-8H2,1-2H3. The highest BCUT2D eigenvalue weighted by Crippen LogP contribution is 2.15. The molecule has 1 aliphatic rings. The van der Waals surface area contributed by atoms with Gasteiger partial charge in [-0.3, -0.25) is 4.90 Å². The Balaban J connectivity index is 2.48. The van der Waals surface area contributed by atoms with Crippen LogP contribution in [-0.2, 0) is 0 Å². The highest BCUT2D eigenvalue weighted by atomic mass is 15.2. The van der Waals surface area contributed by atoms with Crippen LogP contribution < -0.4 is 5.32 Å². The fraction of sp³-hybridized carbons (Fsp3) is 0.909. The van der Waals surface area contributed by atoms with E-state index in [-0.39, 0.29) is 6.04 Å². The van der Waals surface area contributed by atoms with Gasteiger partial charge < -0.3 is 5.32 Å². The Hall–Kier alpha value is -0.590. The zero-order chi connectivity index (χ0) is 10.4. The number of rotatable bonds is 3. The van der Waals surface area contributed by atoms with E-state index in [1.54, 1.807) is 0 Å². The SMILES string of the molecule is CCC(C#N)N(C)C1CCCNCC1. The summed E-state index contributed by atoms with van der Waals surface area (Å²) in [7, 11) is 2.09. The molecule has 1 fully saturated rings. The molecule has 1 rings (SSSR count). The zero-order valence-electron chi connectivity index (χ0n) is 9.29. The summed E-state index contributed by atoms with van der Waals surface area (Å²) in [4.78, 5) is 2.26. The van der Waals surface area contributed by atoms with Crippen LogP contribution >= 0.6 is 0 Å². The van der Waals surface area contributed by atoms with Crippen LogP contribution in [0.5, 0.6) is 0 Å². The Kier molecular flexibility index (Phi) is 4.92. The lowest BCUT2D eigenvalue weighted by Gasteiger charge is -2.30. The third kappa shape index (κ3) is 2.97. The summed E-state index contributed by atoms with van der Waals surface area (Å²) in [5.41, 5.74) is 0. The number of hydrogen-bond donors (Lipinski definition) is 1. The fourth-order valence-electron chi connectivity index (χ4n) is 2.13. The molecule has 1 heterocycles. The van der Waals surface area contributed by atoms with Crippen LogP contribution in [0.2, 0.25) is 0 Å². The molecule has 0 saturated carbocycles. The third-order valence-corrected chi connectivity index (χ3v) is 3.15. The summed E-state index contributed by atoms with van der Waals surface area (Å²) in [6.45, 7) is 4.31. The maximum atomic E-state index is 8.99. The minimum Gasteiger partial charge on any atom is -0.317 e. The molecule has 80 valence electrons. The lowest BCUT2D eigenvalue weighted by molar-refractivity contribution is 0.187. The summed E-state index contributed by atoms with van der Waals surface area (Å²) >= 11 is 0. The first kappa shape index (κ1) is 11.5. The minimum absolute atomic E-state index is 0.0955. The van der Waals surface area contributed by atoms with Gasteiger partial charge in [0.2, 0.25) is 0 Å². The van der Waals surface area contributed by atoms with E-state index in [9.17, 15) is 0 Å². The number of nitrogens with zero attached hydrogens (tertiary/aromatic N) is 2. The van der Waals surface area contributed by atoms with Crippen LogP contribution in [0.3, 0.4) is 0 Å². The zero-order valence-corrected chi connectivity index (χ0v) is 9.29. The van der Waals surface area contributed by atoms with Gasteiger partial charge in [0.1, 0.15) is 0 Å². The van der Waals surface area contributed by atoms with Crippen molar-refractivity contribution in [3.63, 3.8) is 0 Å². The van der Waals surface area contributed by atoms with E-state index < -0.39 is 0 Å². The Labute approximate surface area is 87.1 Å². The maximum Gasteiger partial charge on any atom is 0.0975 e. The van der Waals surface area contributed by atoms with Gasteiger partial charge in [0, 0.05) is 6.04 Å². The van der Waals surface area contributed by atoms with Gasteiger partial charge in [-0.1, -0.05) is 6.92 Å². The molecule has 0 radical (unpaired) electrons. The van der Waals surface area contributed by atoms with Crippen molar-refractivity contribution in [2.45, 2.75) is 44.7 Å². The van der Waals surface area contributed by atoms with Crippen molar-refractivity contribution >= 4 is 0 Å². The average Bonchev–Trinajstić information content (AvgIpc) is 2.47. The molecule has 0 aromatic heterocycles. The number of nitrogens with one attached hydrogen (secondary N) is 1. The second kappa shape index (κ2) is 6.00. The molecule has 0 aliphatic carbocycles. The first-order valence-corrected chi connectivity index (χ1v) is 5.61. The second-order valence-corrected chi connectivity index (χ2v) is 4.05. The topological polar surface area (TPSA) is 39.1 Å². The van der Waals surface area contributed by atoms with E-state index in [1.807, 2.05) is 0 Å². The molecule has 14 heavy (non-hydrogen) atoms. The van der Waals surface area contributed by atoms with Crippen LogP contribution in [-0.4, -0.2) is 37.1 Å². The quantitative estimate of drug-likeness (QED) is 0.739. The van der Waals surface area contributed by atoms with Crippen LogP contribution in [0.15, 0.2) is 0 Å². The molecule has 2 unspecified atom stereocenters. The lowest BCUT2D eigenvalue weighted by Crippen LogP contribution is -2.39. The van der Waals surface area contributed by atoms with Gasteiger partial charge in [-0.05, 0) is 45.8 Å². The molecule has 0 amide bonds. The average molecular weight is 195 g/mol. The van der Waals surface area contributed by atoms with Crippen LogP contribution in [0.4, 0.5) is 0 Å². The van der Waals surface area contributed by atoms with Crippen molar-refractivity contribution in [2.75, 3.05) is 20.1 Å². The summed E-state index contributed by atoms with van der Waals surface area (Å²) in [6, 6.07) is 3.06. The van der Waals surface area contributed by atoms with E-state index in [0.29, 0.717) is 6.04 Å². The van der Waals surface area contributed by atoms with Crippen molar-refractivity contribution < 1.29 is 0 Å². The first-order chi connectivity index (χ1) is 6.79. The lowest BCUT2D eigenvalue weighted by atomic mass is 10.1. The second-order valence-electron chi connectivity index (χ2n) is 4.05. The van der Waals surface area contributed by atoms with E-state index in [2.05, 4.69) is 30.3 Å². The summed E-state index contributed by atoms with van der Waals surface area (Å²) in [5, 5.41) is 12.4. The predicted octanol–water partition coefficient (Wildman–Crippen LogP) is 1.36. The largest absolute Gasteiger partial charge is 0.317 e. The molecule has 1 N–H and O–H groups in total. The summed E-state index contributed by atoms with van der Waals surface area (Å²) in [6.07, 6.45) is 4.56. The molecular formula is C11H21N3. The van der Waals surface area contributed by atoms with Crippen LogP contribution in [0.1, 0.15) is 32.6 Å². The van der Waals surface area contributed by atoms with Gasteiger partial charge in [-0.2, -0.15) is 5.26 Å². The third-order valence-electron chi connectivity index (χ3n) is 3.15. The number of nitriles is 1. The summed E-state index contributed by atoms with van der Waals surface area (Å²) < 4.78 is 0. The molecular weight excluding hydrogens is 174 g/mol. The molecule has 1 saturated heterocycles. The van der Waals surface area contributed by atoms with Gasteiger partial charge in [-0.15, -0.1) is 0 Å². The van der Waals surface area contributed by atoms with E-state index in [4.69, 9.17) is 5.26 Å². The maximum absolute atomic E-state index is 8.99. The highest BCUT2D eigenvalue weighted by Gasteiger charge is 2.21. The predicted molar refractivity (Wildman–Crippen MR) is 58.0 cm³/mol. The molecule has 3 nitrogen and oxygen atoms in total. The molecule has 0 aromatic rings. The van der Waals surface area contributed by atoms with E-state index in [0.717, 1.165) is 19.5 Å². The van der Waals surface area contributed by atoms with Crippen molar-refractivity contribution in [1.82, 2.24) is 10.2 Å². The van der Waals surface area contributed by atoms with E-state index >= 15 is 0 Å². The first-order valence-electron chi connectivity index (χ1n) is 5.61. The molecule has 0 spiro atoms. The van der Waals surface area contributed by atoms with Gasteiger partial charge in [0.25, 0.3) is 0 Å². The monoisotopic (exact) mass is 195 g/mol. The van der Waals surface area contributed by atoms with Crippen LogP contribution in [0.25, 0.3) is 0 Å². The Bertz CT molecular complexity index is 189. The smallest absolute Gasteiger partial charge is 0.0975 e. The van der Waals surface area contributed by atoms with E-state index in [1.165, 1.54) is 19.3 Å². The van der Waals surface area contributed by atoms with Gasteiger partial charge in [0.05, 0.1) is 12.1 Å². The molecule has 3 heteroatoms. The van der Waals surface area contributed by atoms with Crippen molar-refractivity contribution in [1.29, 1.82) is 5.26 Å². The van der Waals surface area contributed by atoms with Crippen LogP contribution in [0, 0.1) is 11.3 Å². The highest BCUT2D eigenvalue weighted by molar-refractivity contribution is 4.92. The van der Waals surface area contributed by atoms with Crippen molar-refractivity contribution in [3.8, 4) is 6.07 Å². The summed E-state index contributed by atoms with van der Waals surface area (Å²) in [5.74, 6) is 0. The molecule has 2 atom stereocenters. The fourth-order valence-corrected chi connectivity index (χ4v) is 2.13. The Morgan fingerprint density at radius 2 is 2.29 bits per heavy atom. The van der Waals surface area contributed by atoms with Gasteiger partial charge >= 0.3 is 0 Å².